The van der Waals surface area contributed by atoms with Crippen LogP contribution in [0.15, 0.2) is 30.6 Å². The molecule has 0 fully saturated rings. The van der Waals surface area contributed by atoms with Crippen LogP contribution in [0, 0.1) is 0 Å². The van der Waals surface area contributed by atoms with Gasteiger partial charge in [0, 0.05) is 5.56 Å². The topological polar surface area (TPSA) is 77.2 Å². The number of nitrogens with zero attached hydrogens (tertiary/aromatic N) is 3. The molecule has 100 valence electrons. The van der Waals surface area contributed by atoms with Crippen molar-refractivity contribution in [3.63, 3.8) is 0 Å². The second-order valence-electron chi connectivity index (χ2n) is 3.99. The number of hydrogen-bond acceptors (Lipinski definition) is 5. The monoisotopic (exact) mass is 261 g/mol. The second-order valence-corrected chi connectivity index (χ2v) is 3.99. The van der Waals surface area contributed by atoms with Crippen LogP contribution in [0.4, 0.5) is 0 Å². The largest absolute Gasteiger partial charge is 0.486 e. The molecule has 0 amide bonds. The average molecular weight is 261 g/mol. The smallest absolute Gasteiger partial charge is 0.164 e. The van der Waals surface area contributed by atoms with Crippen LogP contribution in [0.1, 0.15) is 23.1 Å². The Hall–Kier alpha value is -2.21. The lowest BCUT2D eigenvalue weighted by Gasteiger charge is -2.07. The van der Waals surface area contributed by atoms with Crippen LogP contribution in [0.3, 0.4) is 0 Å². The van der Waals surface area contributed by atoms with Crippen molar-refractivity contribution in [1.82, 2.24) is 14.8 Å². The number of carbonyl (C=O) groups is 1. The number of aromatic nitrogens is 3. The van der Waals surface area contributed by atoms with Crippen molar-refractivity contribution in [2.75, 3.05) is 6.61 Å². The Morgan fingerprint density at radius 3 is 2.74 bits per heavy atom. The summed E-state index contributed by atoms with van der Waals surface area (Å²) in [6.07, 6.45) is 1.42. The molecule has 1 N–H and O–H groups in total. The minimum Gasteiger partial charge on any atom is -0.486 e. The summed E-state index contributed by atoms with van der Waals surface area (Å²) in [6, 6.07) is 6.92. The SMILES string of the molecule is CC(=O)c1ccc(OCc2ncnn2CCO)cc1. The summed E-state index contributed by atoms with van der Waals surface area (Å²) in [4.78, 5) is 15.2. The van der Waals surface area contributed by atoms with Crippen LogP contribution in [0.5, 0.6) is 5.75 Å². The fraction of sp³-hybridized carbons (Fsp3) is 0.308. The van der Waals surface area contributed by atoms with E-state index >= 15 is 0 Å². The third-order valence-electron chi connectivity index (χ3n) is 2.64. The van der Waals surface area contributed by atoms with Gasteiger partial charge in [-0.25, -0.2) is 9.67 Å². The summed E-state index contributed by atoms with van der Waals surface area (Å²) in [5, 5.41) is 12.8. The van der Waals surface area contributed by atoms with Crippen LogP contribution in [0.25, 0.3) is 0 Å². The molecule has 0 saturated heterocycles. The number of aliphatic hydroxyl groups is 1. The van der Waals surface area contributed by atoms with Crippen molar-refractivity contribution in [2.45, 2.75) is 20.1 Å². The third kappa shape index (κ3) is 3.38. The molecule has 2 rings (SSSR count). The molecule has 0 saturated carbocycles. The highest BCUT2D eigenvalue weighted by molar-refractivity contribution is 5.94. The van der Waals surface area contributed by atoms with E-state index in [1.54, 1.807) is 28.9 Å². The fourth-order valence-electron chi connectivity index (χ4n) is 1.62. The van der Waals surface area contributed by atoms with Gasteiger partial charge in [0.05, 0.1) is 13.2 Å². The number of Topliss-reactive ketones (excluding diaryl/α,β-unsaturated/α-hetero) is 1. The Balaban J connectivity index is 1.98. The highest BCUT2D eigenvalue weighted by atomic mass is 16.5. The lowest BCUT2D eigenvalue weighted by molar-refractivity contribution is 0.101. The van der Waals surface area contributed by atoms with Gasteiger partial charge < -0.3 is 9.84 Å². The molecule has 0 bridgehead atoms. The average Bonchev–Trinajstić information content (AvgIpc) is 2.85. The summed E-state index contributed by atoms with van der Waals surface area (Å²) < 4.78 is 7.14. The Morgan fingerprint density at radius 1 is 1.37 bits per heavy atom. The van der Waals surface area contributed by atoms with Gasteiger partial charge in [-0.05, 0) is 31.2 Å². The summed E-state index contributed by atoms with van der Waals surface area (Å²) in [5.74, 6) is 1.32. The molecule has 6 heteroatoms. The molecule has 0 aliphatic carbocycles. The normalized spacial score (nSPS) is 10.4. The standard InChI is InChI=1S/C13H15N3O3/c1-10(18)11-2-4-12(5-3-11)19-8-13-14-9-15-16(13)6-7-17/h2-5,9,17H,6-8H2,1H3. The minimum atomic E-state index is 0.00364. The van der Waals surface area contributed by atoms with Crippen LogP contribution < -0.4 is 4.74 Å². The van der Waals surface area contributed by atoms with E-state index in [1.165, 1.54) is 13.3 Å². The molecule has 1 aromatic carbocycles. The van der Waals surface area contributed by atoms with E-state index in [2.05, 4.69) is 10.1 Å². The Labute approximate surface area is 110 Å². The van der Waals surface area contributed by atoms with Gasteiger partial charge in [0.15, 0.2) is 11.6 Å². The van der Waals surface area contributed by atoms with Crippen molar-refractivity contribution >= 4 is 5.78 Å². The van der Waals surface area contributed by atoms with E-state index in [-0.39, 0.29) is 19.0 Å². The van der Waals surface area contributed by atoms with Crippen LogP contribution in [-0.2, 0) is 13.2 Å². The summed E-state index contributed by atoms with van der Waals surface area (Å²) in [7, 11) is 0. The number of aliphatic hydroxyl groups excluding tert-OH is 1. The van der Waals surface area contributed by atoms with E-state index in [1.807, 2.05) is 0 Å². The highest BCUT2D eigenvalue weighted by Crippen LogP contribution is 2.14. The quantitative estimate of drug-likeness (QED) is 0.786. The van der Waals surface area contributed by atoms with E-state index in [0.717, 1.165) is 0 Å². The van der Waals surface area contributed by atoms with E-state index < -0.39 is 0 Å². The Morgan fingerprint density at radius 2 is 2.11 bits per heavy atom. The van der Waals surface area contributed by atoms with Gasteiger partial charge in [-0.3, -0.25) is 4.79 Å². The maximum atomic E-state index is 11.1. The van der Waals surface area contributed by atoms with Gasteiger partial charge in [-0.2, -0.15) is 5.10 Å². The van der Waals surface area contributed by atoms with E-state index in [0.29, 0.717) is 23.7 Å². The first-order valence-corrected chi connectivity index (χ1v) is 5.92. The molecular formula is C13H15N3O3. The highest BCUT2D eigenvalue weighted by Gasteiger charge is 2.05. The number of hydrogen-bond donors (Lipinski definition) is 1. The molecular weight excluding hydrogens is 246 g/mol. The van der Waals surface area contributed by atoms with Crippen molar-refractivity contribution < 1.29 is 14.6 Å². The lowest BCUT2D eigenvalue weighted by atomic mass is 10.1. The zero-order valence-electron chi connectivity index (χ0n) is 10.6. The first-order chi connectivity index (χ1) is 9.20. The van der Waals surface area contributed by atoms with Crippen molar-refractivity contribution in [1.29, 1.82) is 0 Å². The van der Waals surface area contributed by atoms with Crippen molar-refractivity contribution in [2.24, 2.45) is 0 Å². The predicted molar refractivity (Wildman–Crippen MR) is 67.9 cm³/mol. The fourth-order valence-corrected chi connectivity index (χ4v) is 1.62. The van der Waals surface area contributed by atoms with E-state index in [4.69, 9.17) is 9.84 Å². The maximum absolute atomic E-state index is 11.1. The number of benzene rings is 1. The Bertz CT molecular complexity index is 549. The zero-order valence-corrected chi connectivity index (χ0v) is 10.6. The predicted octanol–water partition coefficient (Wildman–Crippen LogP) is 1.05. The van der Waals surface area contributed by atoms with E-state index in [9.17, 15) is 4.79 Å². The number of carbonyl (C=O) groups excluding carboxylic acids is 1. The van der Waals surface area contributed by atoms with Gasteiger partial charge in [0.2, 0.25) is 0 Å². The van der Waals surface area contributed by atoms with Crippen molar-refractivity contribution in [3.05, 3.63) is 42.0 Å². The minimum absolute atomic E-state index is 0.00364. The van der Waals surface area contributed by atoms with Gasteiger partial charge >= 0.3 is 0 Å². The summed E-state index contributed by atoms with van der Waals surface area (Å²) in [5.41, 5.74) is 0.649. The first-order valence-electron chi connectivity index (χ1n) is 5.92. The van der Waals surface area contributed by atoms with Crippen molar-refractivity contribution in [3.8, 4) is 5.75 Å². The number of ketones is 1. The molecule has 19 heavy (non-hydrogen) atoms. The molecule has 1 aromatic heterocycles. The summed E-state index contributed by atoms with van der Waals surface area (Å²) in [6.45, 7) is 2.18. The first kappa shape index (κ1) is 13.2. The Kier molecular flexibility index (Phi) is 4.25. The maximum Gasteiger partial charge on any atom is 0.164 e. The van der Waals surface area contributed by atoms with Gasteiger partial charge in [0.25, 0.3) is 0 Å². The van der Waals surface area contributed by atoms with Gasteiger partial charge in [0.1, 0.15) is 18.7 Å². The van der Waals surface area contributed by atoms with Crippen LogP contribution in [-0.4, -0.2) is 32.3 Å². The molecule has 0 spiro atoms. The van der Waals surface area contributed by atoms with Crippen LogP contribution >= 0.6 is 0 Å². The number of ether oxygens (including phenoxy) is 1. The lowest BCUT2D eigenvalue weighted by Crippen LogP contribution is -2.11. The molecule has 0 radical (unpaired) electrons. The molecule has 0 aliphatic heterocycles. The molecule has 2 aromatic rings. The van der Waals surface area contributed by atoms with Gasteiger partial charge in [-0.1, -0.05) is 0 Å². The molecule has 1 heterocycles. The van der Waals surface area contributed by atoms with Crippen LogP contribution in [0.2, 0.25) is 0 Å². The summed E-state index contributed by atoms with van der Waals surface area (Å²) >= 11 is 0. The molecule has 6 nitrogen and oxygen atoms in total. The zero-order chi connectivity index (χ0) is 13.7. The van der Waals surface area contributed by atoms with Gasteiger partial charge in [-0.15, -0.1) is 0 Å². The molecule has 0 unspecified atom stereocenters. The molecule has 0 aliphatic rings. The molecule has 0 atom stereocenters. The third-order valence-corrected chi connectivity index (χ3v) is 2.64. The second kappa shape index (κ2) is 6.10. The number of rotatable bonds is 6.